The number of anilines is 2. The molecule has 0 aliphatic carbocycles. The fourth-order valence-corrected chi connectivity index (χ4v) is 7.75. The van der Waals surface area contributed by atoms with Gasteiger partial charge in [-0.1, -0.05) is 59.6 Å². The average Bonchev–Trinajstić information content (AvgIpc) is 3.11. The van der Waals surface area contributed by atoms with Gasteiger partial charge in [0.15, 0.2) is 0 Å². The molecular formula is C37H40ClN5O5S2. The number of nitro groups is 1. The summed E-state index contributed by atoms with van der Waals surface area (Å²) in [5.41, 5.74) is 3.20. The lowest BCUT2D eigenvalue weighted by atomic mass is 10.00. The minimum atomic E-state index is -4.41. The fraction of sp³-hybridized carbons (Fsp3) is 0.270. The Hall–Kier alpha value is -4.36. The molecule has 5 rings (SSSR count). The van der Waals surface area contributed by atoms with Crippen molar-refractivity contribution >= 4 is 62.4 Å². The Kier molecular flexibility index (Phi) is 12.6. The predicted molar refractivity (Wildman–Crippen MR) is 203 cm³/mol. The summed E-state index contributed by atoms with van der Waals surface area (Å²) in [5.74, 6) is -0.185. The van der Waals surface area contributed by atoms with Crippen LogP contribution in [0, 0.1) is 10.1 Å². The van der Waals surface area contributed by atoms with Crippen LogP contribution < -0.4 is 14.9 Å². The van der Waals surface area contributed by atoms with Gasteiger partial charge >= 0.3 is 0 Å². The van der Waals surface area contributed by atoms with Gasteiger partial charge in [-0.3, -0.25) is 14.9 Å². The van der Waals surface area contributed by atoms with Crippen LogP contribution in [-0.2, 0) is 10.0 Å². The number of nitrogens with zero attached hydrogens (tertiary/aromatic N) is 3. The highest BCUT2D eigenvalue weighted by Crippen LogP contribution is 2.31. The van der Waals surface area contributed by atoms with E-state index >= 15 is 0 Å². The van der Waals surface area contributed by atoms with E-state index in [1.54, 1.807) is 36.0 Å². The molecule has 1 aliphatic rings. The summed E-state index contributed by atoms with van der Waals surface area (Å²) < 4.78 is 28.6. The molecule has 1 fully saturated rings. The molecule has 1 amide bonds. The molecule has 4 aromatic carbocycles. The molecule has 2 N–H and O–H groups in total. The van der Waals surface area contributed by atoms with Crippen molar-refractivity contribution in [1.29, 1.82) is 0 Å². The Balaban J connectivity index is 1.23. The first-order valence-corrected chi connectivity index (χ1v) is 19.1. The largest absolute Gasteiger partial charge is 0.376 e. The van der Waals surface area contributed by atoms with Crippen LogP contribution in [0.5, 0.6) is 0 Å². The van der Waals surface area contributed by atoms with E-state index in [9.17, 15) is 23.3 Å². The second kappa shape index (κ2) is 17.0. The second-order valence-electron chi connectivity index (χ2n) is 12.3. The number of amides is 1. The Morgan fingerprint density at radius 3 is 2.34 bits per heavy atom. The molecule has 4 aromatic rings. The zero-order valence-corrected chi connectivity index (χ0v) is 30.3. The zero-order chi connectivity index (χ0) is 35.7. The fourth-order valence-electron chi connectivity index (χ4n) is 5.57. The van der Waals surface area contributed by atoms with E-state index in [1.807, 2.05) is 73.6 Å². The number of carbonyl (C=O) groups is 1. The third-order valence-corrected chi connectivity index (χ3v) is 11.2. The quantitative estimate of drug-likeness (QED) is 0.0767. The normalized spacial score (nSPS) is 13.9. The van der Waals surface area contributed by atoms with Gasteiger partial charge in [0.2, 0.25) is 0 Å². The molecule has 1 unspecified atom stereocenters. The van der Waals surface area contributed by atoms with Crippen LogP contribution in [-0.4, -0.2) is 69.7 Å². The minimum Gasteiger partial charge on any atom is -0.376 e. The minimum absolute atomic E-state index is 0.136. The first-order valence-electron chi connectivity index (χ1n) is 16.2. The maximum Gasteiger partial charge on any atom is 0.293 e. The highest BCUT2D eigenvalue weighted by molar-refractivity contribution is 7.99. The summed E-state index contributed by atoms with van der Waals surface area (Å²) in [7, 11) is -0.498. The van der Waals surface area contributed by atoms with Crippen molar-refractivity contribution in [2.45, 2.75) is 35.1 Å². The van der Waals surface area contributed by atoms with E-state index < -0.39 is 26.5 Å². The number of rotatable bonds is 14. The number of halogens is 1. The number of piperidine rings is 1. The number of nitrogens with one attached hydrogen (secondary N) is 2. The van der Waals surface area contributed by atoms with Crippen molar-refractivity contribution in [2.24, 2.45) is 0 Å². The van der Waals surface area contributed by atoms with E-state index in [-0.39, 0.29) is 22.2 Å². The summed E-state index contributed by atoms with van der Waals surface area (Å²) in [6, 6.07) is 27.8. The van der Waals surface area contributed by atoms with Gasteiger partial charge in [0.1, 0.15) is 5.69 Å². The third-order valence-electron chi connectivity index (χ3n) is 8.35. The van der Waals surface area contributed by atoms with E-state index in [0.29, 0.717) is 12.2 Å². The monoisotopic (exact) mass is 733 g/mol. The molecule has 262 valence electrons. The number of carbonyl (C=O) groups excluding carboxylic acids is 1. The number of hydrogen-bond acceptors (Lipinski definition) is 9. The number of benzene rings is 4. The highest BCUT2D eigenvalue weighted by Gasteiger charge is 2.25. The van der Waals surface area contributed by atoms with Crippen molar-refractivity contribution in [3.05, 3.63) is 129 Å². The lowest BCUT2D eigenvalue weighted by Gasteiger charge is -2.30. The summed E-state index contributed by atoms with van der Waals surface area (Å²) >= 11 is 7.94. The maximum atomic E-state index is 13.3. The van der Waals surface area contributed by atoms with Gasteiger partial charge in [-0.25, -0.2) is 13.1 Å². The van der Waals surface area contributed by atoms with Crippen molar-refractivity contribution in [1.82, 2.24) is 9.62 Å². The Morgan fingerprint density at radius 1 is 1.00 bits per heavy atom. The smallest absolute Gasteiger partial charge is 0.293 e. The summed E-state index contributed by atoms with van der Waals surface area (Å²) in [6.45, 7) is 2.34. The molecule has 1 aliphatic heterocycles. The molecule has 1 atom stereocenters. The van der Waals surface area contributed by atoms with Crippen molar-refractivity contribution < 1.29 is 18.1 Å². The number of thioether (sulfide) groups is 1. The Bertz CT molecular complexity index is 1930. The van der Waals surface area contributed by atoms with Crippen LogP contribution in [0.1, 0.15) is 35.2 Å². The van der Waals surface area contributed by atoms with Gasteiger partial charge in [0.05, 0.1) is 9.82 Å². The van der Waals surface area contributed by atoms with Crippen LogP contribution in [0.4, 0.5) is 17.1 Å². The Morgan fingerprint density at radius 2 is 1.68 bits per heavy atom. The number of sulfonamides is 1. The molecule has 50 heavy (non-hydrogen) atoms. The van der Waals surface area contributed by atoms with E-state index in [0.717, 1.165) is 59.7 Å². The van der Waals surface area contributed by atoms with Crippen LogP contribution in [0.25, 0.3) is 6.08 Å². The van der Waals surface area contributed by atoms with Gasteiger partial charge in [-0.2, -0.15) is 0 Å². The lowest BCUT2D eigenvalue weighted by molar-refractivity contribution is -0.384. The molecule has 0 radical (unpaired) electrons. The summed E-state index contributed by atoms with van der Waals surface area (Å²) in [5, 5.41) is 16.1. The van der Waals surface area contributed by atoms with Crippen LogP contribution in [0.15, 0.2) is 112 Å². The van der Waals surface area contributed by atoms with Crippen molar-refractivity contribution in [2.75, 3.05) is 49.7 Å². The van der Waals surface area contributed by atoms with E-state index in [4.69, 9.17) is 11.6 Å². The SMILES string of the molecule is CN(C)CCC(CSc1ccccc1)Nc1ccc(S(=O)(=O)NC(=O)c2ccc(N3CCC(=Cc4ccccc4Cl)CC3)cc2)cc1[N+](=O)[O-]. The standard InChI is InChI=1S/C37H40ClN5O5S2/c1-41(2)21-20-30(26-49-32-9-4-3-5-10-32)39-35-17-16-33(25-36(35)43(45)46)50(47,48)40-37(44)28-12-14-31(15-13-28)42-22-18-27(19-23-42)24-29-8-6-7-11-34(29)38/h3-17,24-25,30,39H,18-23,26H2,1-2H3,(H,40,44). The molecule has 0 saturated carbocycles. The van der Waals surface area contributed by atoms with E-state index in [1.165, 1.54) is 17.7 Å². The van der Waals surface area contributed by atoms with Crippen LogP contribution in [0.3, 0.4) is 0 Å². The molecule has 0 aromatic heterocycles. The molecular weight excluding hydrogens is 694 g/mol. The molecule has 1 heterocycles. The van der Waals surface area contributed by atoms with Gasteiger partial charge in [0, 0.05) is 52.1 Å². The van der Waals surface area contributed by atoms with Crippen molar-refractivity contribution in [3.63, 3.8) is 0 Å². The second-order valence-corrected chi connectivity index (χ2v) is 15.5. The van der Waals surface area contributed by atoms with Crippen molar-refractivity contribution in [3.8, 4) is 0 Å². The zero-order valence-electron chi connectivity index (χ0n) is 27.9. The number of nitro benzene ring substituents is 1. The van der Waals surface area contributed by atoms with E-state index in [2.05, 4.69) is 21.0 Å². The first-order chi connectivity index (χ1) is 24.0. The average molecular weight is 734 g/mol. The van der Waals surface area contributed by atoms with Gasteiger partial charge in [-0.05, 0) is 100 Å². The molecule has 1 saturated heterocycles. The van der Waals surface area contributed by atoms with Gasteiger partial charge in [-0.15, -0.1) is 11.8 Å². The summed E-state index contributed by atoms with van der Waals surface area (Å²) in [4.78, 5) is 29.5. The summed E-state index contributed by atoms with van der Waals surface area (Å²) in [6.07, 6.45) is 4.59. The van der Waals surface area contributed by atoms with Crippen LogP contribution >= 0.6 is 23.4 Å². The molecule has 10 nitrogen and oxygen atoms in total. The molecule has 0 bridgehead atoms. The topological polar surface area (TPSA) is 125 Å². The Labute approximate surface area is 302 Å². The maximum absolute atomic E-state index is 13.3. The number of hydrogen-bond donors (Lipinski definition) is 2. The molecule has 0 spiro atoms. The highest BCUT2D eigenvalue weighted by atomic mass is 35.5. The molecule has 13 heteroatoms. The predicted octanol–water partition coefficient (Wildman–Crippen LogP) is 7.58. The van der Waals surface area contributed by atoms with Crippen LogP contribution in [0.2, 0.25) is 5.02 Å². The van der Waals surface area contributed by atoms with Gasteiger partial charge < -0.3 is 15.1 Å². The van der Waals surface area contributed by atoms with Gasteiger partial charge in [0.25, 0.3) is 21.6 Å². The first kappa shape index (κ1) is 36.9. The third kappa shape index (κ3) is 10.1. The lowest BCUT2D eigenvalue weighted by Crippen LogP contribution is -2.31.